The summed E-state index contributed by atoms with van der Waals surface area (Å²) in [5.74, 6) is 1.02. The monoisotopic (exact) mass is 428 g/mol. The molecular weight excluding hydrogens is 398 g/mol. The van der Waals surface area contributed by atoms with E-state index in [1.165, 1.54) is 22.6 Å². The van der Waals surface area contributed by atoms with Crippen molar-refractivity contribution in [2.24, 2.45) is 5.92 Å². The predicted octanol–water partition coefficient (Wildman–Crippen LogP) is 2.75. The third kappa shape index (κ3) is 4.52. The molecule has 1 aromatic carbocycles. The van der Waals surface area contributed by atoms with Gasteiger partial charge < -0.3 is 20.3 Å². The van der Waals surface area contributed by atoms with Gasteiger partial charge in [0.2, 0.25) is 0 Å². The normalized spacial score (nSPS) is 18.7. The molecule has 7 heteroatoms. The highest BCUT2D eigenvalue weighted by molar-refractivity contribution is 7.17. The Morgan fingerprint density at radius 3 is 2.73 bits per heavy atom. The molecule has 3 N–H and O–H groups in total. The molecule has 4 rings (SSSR count). The second-order valence-electron chi connectivity index (χ2n) is 8.39. The standard InChI is InChI=1S/C23H29N3O3S/c1-15-9-10-16-19(13-15)30-23(25-20(27)14-26-11-5-6-12-26)21(16)22(28)24-17-7-3-4-8-18(17)29-2/h3-4,7-8,15H,5-6,9-14H2,1-2H3,(H,24,28)(H,25,27)/p+1/t15-/m0/s1. The number of nitrogens with one attached hydrogen (secondary N) is 3. The van der Waals surface area contributed by atoms with Crippen LogP contribution in [0.3, 0.4) is 0 Å². The van der Waals surface area contributed by atoms with Gasteiger partial charge >= 0.3 is 0 Å². The van der Waals surface area contributed by atoms with E-state index in [-0.39, 0.29) is 11.8 Å². The Hall–Kier alpha value is -2.38. The molecule has 2 amide bonds. The third-order valence-electron chi connectivity index (χ3n) is 6.07. The molecule has 1 fully saturated rings. The zero-order chi connectivity index (χ0) is 21.1. The van der Waals surface area contributed by atoms with Crippen molar-refractivity contribution in [1.82, 2.24) is 0 Å². The number of carbonyl (C=O) groups excluding carboxylic acids is 2. The summed E-state index contributed by atoms with van der Waals surface area (Å²) in [5, 5.41) is 6.75. The first kappa shape index (κ1) is 20.9. The lowest BCUT2D eigenvalue weighted by molar-refractivity contribution is -0.878. The summed E-state index contributed by atoms with van der Waals surface area (Å²) in [6.45, 7) is 4.80. The quantitative estimate of drug-likeness (QED) is 0.663. The lowest BCUT2D eigenvalue weighted by Crippen LogP contribution is -3.11. The number of fused-ring (bicyclic) bond motifs is 1. The number of ether oxygens (including phenoxy) is 1. The molecule has 6 nitrogen and oxygen atoms in total. The van der Waals surface area contributed by atoms with Crippen LogP contribution in [0, 0.1) is 5.92 Å². The molecule has 0 saturated carbocycles. The van der Waals surface area contributed by atoms with Gasteiger partial charge in [-0.05, 0) is 42.9 Å². The summed E-state index contributed by atoms with van der Waals surface area (Å²) in [6.07, 6.45) is 5.25. The van der Waals surface area contributed by atoms with Crippen LogP contribution in [0.25, 0.3) is 0 Å². The maximum absolute atomic E-state index is 13.3. The van der Waals surface area contributed by atoms with Gasteiger partial charge in [0.05, 0.1) is 31.5 Å². The molecule has 2 aliphatic rings. The van der Waals surface area contributed by atoms with Crippen molar-refractivity contribution >= 4 is 33.8 Å². The summed E-state index contributed by atoms with van der Waals surface area (Å²) < 4.78 is 5.37. The van der Waals surface area contributed by atoms with Crippen molar-refractivity contribution in [2.75, 3.05) is 37.4 Å². The van der Waals surface area contributed by atoms with Crippen LogP contribution in [0.15, 0.2) is 24.3 Å². The van der Waals surface area contributed by atoms with Crippen molar-refractivity contribution in [3.63, 3.8) is 0 Å². The van der Waals surface area contributed by atoms with Crippen LogP contribution in [-0.4, -0.2) is 38.6 Å². The summed E-state index contributed by atoms with van der Waals surface area (Å²) in [7, 11) is 1.59. The number of carbonyl (C=O) groups is 2. The van der Waals surface area contributed by atoms with Gasteiger partial charge in [-0.2, -0.15) is 0 Å². The Morgan fingerprint density at radius 1 is 1.20 bits per heavy atom. The van der Waals surface area contributed by atoms with E-state index >= 15 is 0 Å². The van der Waals surface area contributed by atoms with Crippen LogP contribution in [-0.2, 0) is 17.6 Å². The van der Waals surface area contributed by atoms with Crippen LogP contribution in [0.4, 0.5) is 10.7 Å². The van der Waals surface area contributed by atoms with Crippen molar-refractivity contribution in [1.29, 1.82) is 0 Å². The summed E-state index contributed by atoms with van der Waals surface area (Å²) in [5.41, 5.74) is 2.35. The van der Waals surface area contributed by atoms with Crippen LogP contribution >= 0.6 is 11.3 Å². The summed E-state index contributed by atoms with van der Waals surface area (Å²) in [4.78, 5) is 28.6. The van der Waals surface area contributed by atoms with Gasteiger partial charge in [0.25, 0.3) is 11.8 Å². The Bertz CT molecular complexity index is 934. The van der Waals surface area contributed by atoms with Gasteiger partial charge in [-0.25, -0.2) is 0 Å². The highest BCUT2D eigenvalue weighted by Crippen LogP contribution is 2.40. The molecule has 1 aliphatic heterocycles. The zero-order valence-electron chi connectivity index (χ0n) is 17.7. The average molecular weight is 429 g/mol. The highest BCUT2D eigenvalue weighted by Gasteiger charge is 2.29. The number of methoxy groups -OCH3 is 1. The fourth-order valence-corrected chi connectivity index (χ4v) is 5.89. The zero-order valence-corrected chi connectivity index (χ0v) is 18.5. The lowest BCUT2D eigenvalue weighted by atomic mass is 9.88. The number of hydrogen-bond donors (Lipinski definition) is 3. The largest absolute Gasteiger partial charge is 0.495 e. The van der Waals surface area contributed by atoms with Gasteiger partial charge in [-0.1, -0.05) is 19.1 Å². The number of benzene rings is 1. The lowest BCUT2D eigenvalue weighted by Gasteiger charge is -2.19. The van der Waals surface area contributed by atoms with Crippen molar-refractivity contribution in [2.45, 2.75) is 39.0 Å². The van der Waals surface area contributed by atoms with Crippen molar-refractivity contribution in [3.05, 3.63) is 40.3 Å². The molecule has 2 heterocycles. The first-order valence-corrected chi connectivity index (χ1v) is 11.6. The fraction of sp³-hybridized carbons (Fsp3) is 0.478. The van der Waals surface area contributed by atoms with Gasteiger partial charge in [0.1, 0.15) is 10.8 Å². The van der Waals surface area contributed by atoms with E-state index in [9.17, 15) is 9.59 Å². The first-order chi connectivity index (χ1) is 14.5. The molecular formula is C23H30N3O3S+. The van der Waals surface area contributed by atoms with Crippen LogP contribution < -0.4 is 20.3 Å². The molecule has 0 bridgehead atoms. The highest BCUT2D eigenvalue weighted by atomic mass is 32.1. The SMILES string of the molecule is COc1ccccc1NC(=O)c1c(NC(=O)C[NH+]2CCCC2)sc2c1CC[C@H](C)C2. The van der Waals surface area contributed by atoms with E-state index < -0.39 is 0 Å². The van der Waals surface area contributed by atoms with E-state index in [4.69, 9.17) is 4.74 Å². The van der Waals surface area contributed by atoms with E-state index in [0.717, 1.165) is 37.9 Å². The molecule has 1 saturated heterocycles. The number of para-hydroxylation sites is 2. The van der Waals surface area contributed by atoms with Gasteiger partial charge in [0, 0.05) is 17.7 Å². The minimum absolute atomic E-state index is 0.00936. The van der Waals surface area contributed by atoms with E-state index in [0.29, 0.717) is 34.5 Å². The molecule has 2 aromatic rings. The molecule has 1 aromatic heterocycles. The fourth-order valence-electron chi connectivity index (χ4n) is 4.46. The maximum atomic E-state index is 13.3. The van der Waals surface area contributed by atoms with Crippen molar-refractivity contribution in [3.8, 4) is 5.75 Å². The van der Waals surface area contributed by atoms with E-state index in [1.807, 2.05) is 24.3 Å². The Labute approximate surface area is 181 Å². The molecule has 30 heavy (non-hydrogen) atoms. The van der Waals surface area contributed by atoms with Crippen LogP contribution in [0.5, 0.6) is 5.75 Å². The number of anilines is 2. The van der Waals surface area contributed by atoms with E-state index in [2.05, 4.69) is 17.6 Å². The smallest absolute Gasteiger partial charge is 0.280 e. The number of thiophene rings is 1. The molecule has 1 aliphatic carbocycles. The summed E-state index contributed by atoms with van der Waals surface area (Å²) in [6, 6.07) is 7.38. The van der Waals surface area contributed by atoms with E-state index in [1.54, 1.807) is 18.4 Å². The molecule has 1 atom stereocenters. The third-order valence-corrected chi connectivity index (χ3v) is 7.24. The second-order valence-corrected chi connectivity index (χ2v) is 9.50. The molecule has 0 spiro atoms. The van der Waals surface area contributed by atoms with Crippen molar-refractivity contribution < 1.29 is 19.2 Å². The maximum Gasteiger partial charge on any atom is 0.280 e. The number of amides is 2. The van der Waals surface area contributed by atoms with Gasteiger partial charge in [0.15, 0.2) is 6.54 Å². The predicted molar refractivity (Wildman–Crippen MR) is 120 cm³/mol. The number of hydrogen-bond acceptors (Lipinski definition) is 4. The van der Waals surface area contributed by atoms with Crippen LogP contribution in [0.2, 0.25) is 0 Å². The minimum Gasteiger partial charge on any atom is -0.495 e. The van der Waals surface area contributed by atoms with Gasteiger partial charge in [-0.15, -0.1) is 11.3 Å². The minimum atomic E-state index is -0.185. The molecule has 0 unspecified atom stereocenters. The topological polar surface area (TPSA) is 71.9 Å². The first-order valence-electron chi connectivity index (χ1n) is 10.8. The Kier molecular flexibility index (Phi) is 6.39. The summed E-state index contributed by atoms with van der Waals surface area (Å²) >= 11 is 1.57. The van der Waals surface area contributed by atoms with Crippen LogP contribution in [0.1, 0.15) is 47.0 Å². The average Bonchev–Trinajstić information content (AvgIpc) is 3.35. The second kappa shape index (κ2) is 9.18. The molecule has 160 valence electrons. The molecule has 0 radical (unpaired) electrons. The number of likely N-dealkylation sites (tertiary alicyclic amines) is 1. The Morgan fingerprint density at radius 2 is 1.97 bits per heavy atom. The number of quaternary nitrogens is 1. The van der Waals surface area contributed by atoms with Gasteiger partial charge in [-0.3, -0.25) is 9.59 Å². The number of rotatable bonds is 6. The Balaban J connectivity index is 1.59.